The summed E-state index contributed by atoms with van der Waals surface area (Å²) < 4.78 is 0. The second-order valence-electron chi connectivity index (χ2n) is 4.33. The number of hydrogen-bond acceptors (Lipinski definition) is 4. The molecule has 0 unspecified atom stereocenters. The molecule has 2 aromatic carbocycles. The molecule has 0 saturated heterocycles. The molecule has 2 aromatic rings. The molecule has 0 aliphatic rings. The van der Waals surface area contributed by atoms with E-state index in [0.717, 1.165) is 0 Å². The van der Waals surface area contributed by atoms with E-state index in [4.69, 9.17) is 34.8 Å². The smallest absolute Gasteiger partial charge is 0.289 e. The van der Waals surface area contributed by atoms with E-state index in [1.165, 1.54) is 30.0 Å². The average Bonchev–Trinajstić information content (AvgIpc) is 2.50. The molecule has 0 aromatic heterocycles. The quantitative estimate of drug-likeness (QED) is 0.427. The Morgan fingerprint density at radius 2 is 1.83 bits per heavy atom. The number of amides is 1. The number of hydrogen-bond donors (Lipinski definition) is 1. The molecule has 0 aliphatic heterocycles. The first-order valence-electron chi connectivity index (χ1n) is 6.18. The number of carbonyl (C=O) groups is 1. The van der Waals surface area contributed by atoms with Gasteiger partial charge in [0.2, 0.25) is 5.91 Å². The highest BCUT2D eigenvalue weighted by atomic mass is 35.5. The number of nitrogens with one attached hydrogen (secondary N) is 1. The molecule has 23 heavy (non-hydrogen) atoms. The second-order valence-corrected chi connectivity index (χ2v) is 6.60. The van der Waals surface area contributed by atoms with Crippen molar-refractivity contribution in [2.24, 2.45) is 0 Å². The fourth-order valence-electron chi connectivity index (χ4n) is 1.66. The van der Waals surface area contributed by atoms with Crippen LogP contribution < -0.4 is 5.32 Å². The Hall–Kier alpha value is -1.47. The summed E-state index contributed by atoms with van der Waals surface area (Å²) in [4.78, 5) is 22.8. The summed E-state index contributed by atoms with van der Waals surface area (Å²) in [5.41, 5.74) is 0.0268. The number of benzene rings is 2. The molecule has 0 saturated carbocycles. The van der Waals surface area contributed by atoms with Crippen molar-refractivity contribution in [3.8, 4) is 0 Å². The predicted octanol–water partition coefficient (Wildman–Crippen LogP) is 5.29. The zero-order valence-corrected chi connectivity index (χ0v) is 14.5. The SMILES string of the molecule is O=C(CSc1cc(Cl)ccc1Cl)Nc1ccc(Cl)c([N+](=O)[O-])c1. The van der Waals surface area contributed by atoms with Gasteiger partial charge in [0.25, 0.3) is 5.69 Å². The van der Waals surface area contributed by atoms with E-state index >= 15 is 0 Å². The summed E-state index contributed by atoms with van der Waals surface area (Å²) in [7, 11) is 0. The predicted molar refractivity (Wildman–Crippen MR) is 93.9 cm³/mol. The lowest BCUT2D eigenvalue weighted by Crippen LogP contribution is -2.14. The van der Waals surface area contributed by atoms with Crippen LogP contribution in [0.1, 0.15) is 0 Å². The molecule has 0 fully saturated rings. The van der Waals surface area contributed by atoms with Crippen molar-refractivity contribution in [2.75, 3.05) is 11.1 Å². The van der Waals surface area contributed by atoms with Crippen LogP contribution in [0.5, 0.6) is 0 Å². The van der Waals surface area contributed by atoms with Gasteiger partial charge in [0.05, 0.1) is 15.7 Å². The minimum Gasteiger partial charge on any atom is -0.325 e. The van der Waals surface area contributed by atoms with Crippen molar-refractivity contribution in [1.29, 1.82) is 0 Å². The van der Waals surface area contributed by atoms with E-state index in [0.29, 0.717) is 20.6 Å². The van der Waals surface area contributed by atoms with Gasteiger partial charge in [-0.15, -0.1) is 11.8 Å². The number of nitrogens with zero attached hydrogens (tertiary/aromatic N) is 1. The van der Waals surface area contributed by atoms with E-state index in [9.17, 15) is 14.9 Å². The molecule has 0 bridgehead atoms. The van der Waals surface area contributed by atoms with Crippen molar-refractivity contribution >= 4 is 63.8 Å². The van der Waals surface area contributed by atoms with Crippen molar-refractivity contribution in [3.05, 3.63) is 61.6 Å². The van der Waals surface area contributed by atoms with E-state index in [2.05, 4.69) is 5.32 Å². The summed E-state index contributed by atoms with van der Waals surface area (Å²) >= 11 is 18.8. The first-order chi connectivity index (χ1) is 10.9. The van der Waals surface area contributed by atoms with Crippen molar-refractivity contribution in [3.63, 3.8) is 0 Å². The third-order valence-electron chi connectivity index (χ3n) is 2.68. The molecular formula is C14H9Cl3N2O3S. The van der Waals surface area contributed by atoms with Crippen molar-refractivity contribution in [2.45, 2.75) is 4.90 Å². The molecular weight excluding hydrogens is 383 g/mol. The van der Waals surface area contributed by atoms with E-state index < -0.39 is 4.92 Å². The average molecular weight is 392 g/mol. The Bertz CT molecular complexity index is 771. The fraction of sp³-hybridized carbons (Fsp3) is 0.0714. The summed E-state index contributed by atoms with van der Waals surface area (Å²) in [5.74, 6) is -0.251. The maximum absolute atomic E-state index is 11.9. The molecule has 0 atom stereocenters. The molecule has 0 heterocycles. The first-order valence-corrected chi connectivity index (χ1v) is 8.30. The lowest BCUT2D eigenvalue weighted by Gasteiger charge is -2.07. The number of nitro groups is 1. The first kappa shape index (κ1) is 17.9. The third kappa shape index (κ3) is 5.00. The molecule has 0 radical (unpaired) electrons. The van der Waals surface area contributed by atoms with E-state index in [1.54, 1.807) is 18.2 Å². The molecule has 0 spiro atoms. The van der Waals surface area contributed by atoms with Gasteiger partial charge >= 0.3 is 0 Å². The van der Waals surface area contributed by atoms with Crippen LogP contribution in [0.4, 0.5) is 11.4 Å². The Balaban J connectivity index is 2.01. The van der Waals surface area contributed by atoms with Gasteiger partial charge in [-0.3, -0.25) is 14.9 Å². The molecule has 1 amide bonds. The summed E-state index contributed by atoms with van der Waals surface area (Å²) in [6, 6.07) is 9.01. The molecule has 0 aliphatic carbocycles. The number of anilines is 1. The van der Waals surface area contributed by atoms with Gasteiger partial charge in [-0.05, 0) is 30.3 Å². The number of nitro benzene ring substituents is 1. The minimum atomic E-state index is -0.613. The maximum atomic E-state index is 11.9. The Morgan fingerprint density at radius 3 is 2.52 bits per heavy atom. The maximum Gasteiger partial charge on any atom is 0.289 e. The summed E-state index contributed by atoms with van der Waals surface area (Å²) in [6.45, 7) is 0. The van der Waals surface area contributed by atoms with Crippen LogP contribution in [0, 0.1) is 10.1 Å². The van der Waals surface area contributed by atoms with Gasteiger partial charge < -0.3 is 5.32 Å². The molecule has 2 rings (SSSR count). The van der Waals surface area contributed by atoms with Gasteiger partial charge in [0, 0.05) is 21.7 Å². The summed E-state index contributed by atoms with van der Waals surface area (Å²) in [6.07, 6.45) is 0. The van der Waals surface area contributed by atoms with Crippen LogP contribution in [-0.4, -0.2) is 16.6 Å². The second kappa shape index (κ2) is 7.88. The van der Waals surface area contributed by atoms with Crippen LogP contribution >= 0.6 is 46.6 Å². The van der Waals surface area contributed by atoms with Gasteiger partial charge in [-0.2, -0.15) is 0 Å². The normalized spacial score (nSPS) is 10.4. The van der Waals surface area contributed by atoms with E-state index in [-0.39, 0.29) is 22.4 Å². The number of halogens is 3. The van der Waals surface area contributed by atoms with Crippen LogP contribution in [0.25, 0.3) is 0 Å². The lowest BCUT2D eigenvalue weighted by molar-refractivity contribution is -0.384. The Labute approximate surface area is 151 Å². The van der Waals surface area contributed by atoms with Crippen molar-refractivity contribution < 1.29 is 9.72 Å². The van der Waals surface area contributed by atoms with Crippen LogP contribution in [-0.2, 0) is 4.79 Å². The van der Waals surface area contributed by atoms with Crippen LogP contribution in [0.15, 0.2) is 41.3 Å². The van der Waals surface area contributed by atoms with Gasteiger partial charge in [-0.1, -0.05) is 34.8 Å². The molecule has 9 heteroatoms. The highest BCUT2D eigenvalue weighted by Crippen LogP contribution is 2.30. The summed E-state index contributed by atoms with van der Waals surface area (Å²) in [5, 5.41) is 14.4. The number of thioether (sulfide) groups is 1. The monoisotopic (exact) mass is 390 g/mol. The largest absolute Gasteiger partial charge is 0.325 e. The van der Waals surface area contributed by atoms with Gasteiger partial charge in [0.1, 0.15) is 5.02 Å². The Kier molecular flexibility index (Phi) is 6.12. The minimum absolute atomic E-state index is 0.00748. The standard InChI is InChI=1S/C14H9Cl3N2O3S/c15-8-1-3-11(17)13(5-8)23-7-14(20)18-9-2-4-10(16)12(6-9)19(21)22/h1-6H,7H2,(H,18,20). The van der Waals surface area contributed by atoms with Gasteiger partial charge in [-0.25, -0.2) is 0 Å². The molecule has 1 N–H and O–H groups in total. The number of rotatable bonds is 5. The zero-order chi connectivity index (χ0) is 17.0. The molecule has 5 nitrogen and oxygen atoms in total. The Morgan fingerprint density at radius 1 is 1.13 bits per heavy atom. The highest BCUT2D eigenvalue weighted by Gasteiger charge is 2.14. The van der Waals surface area contributed by atoms with Crippen LogP contribution in [0.2, 0.25) is 15.1 Å². The van der Waals surface area contributed by atoms with Crippen LogP contribution in [0.3, 0.4) is 0 Å². The fourth-order valence-corrected chi connectivity index (χ4v) is 3.14. The topological polar surface area (TPSA) is 72.2 Å². The van der Waals surface area contributed by atoms with E-state index in [1.807, 2.05) is 0 Å². The highest BCUT2D eigenvalue weighted by molar-refractivity contribution is 8.00. The lowest BCUT2D eigenvalue weighted by atomic mass is 10.3. The zero-order valence-electron chi connectivity index (χ0n) is 11.4. The third-order valence-corrected chi connectivity index (χ3v) is 4.73. The number of carbonyl (C=O) groups excluding carboxylic acids is 1. The van der Waals surface area contributed by atoms with Crippen molar-refractivity contribution in [1.82, 2.24) is 0 Å². The molecule has 120 valence electrons. The van der Waals surface area contributed by atoms with Gasteiger partial charge in [0.15, 0.2) is 0 Å².